The number of fused-ring (bicyclic) bond motifs is 1. The minimum atomic E-state index is -4.50. The molecule has 1 aliphatic heterocycles. The zero-order valence-corrected chi connectivity index (χ0v) is 13.3. The number of anilines is 1. The summed E-state index contributed by atoms with van der Waals surface area (Å²) >= 11 is 0. The highest BCUT2D eigenvalue weighted by atomic mass is 19.4. The van der Waals surface area contributed by atoms with Crippen LogP contribution in [-0.4, -0.2) is 42.1 Å². The Bertz CT molecular complexity index is 727. The van der Waals surface area contributed by atoms with Crippen LogP contribution in [-0.2, 0) is 4.74 Å². The Kier molecular flexibility index (Phi) is 4.71. The van der Waals surface area contributed by atoms with E-state index in [1.807, 2.05) is 0 Å². The molecule has 0 aliphatic carbocycles. The molecule has 1 aliphatic rings. The summed E-state index contributed by atoms with van der Waals surface area (Å²) in [6, 6.07) is 2.01. The molecule has 0 saturated carbocycles. The molecule has 0 aromatic carbocycles. The van der Waals surface area contributed by atoms with Crippen LogP contribution in [0.4, 0.5) is 19.0 Å². The number of methoxy groups -OCH3 is 1. The maximum atomic E-state index is 13.5. The summed E-state index contributed by atoms with van der Waals surface area (Å²) in [4.78, 5) is 12.0. The lowest BCUT2D eigenvalue weighted by atomic mass is 10.0. The third-order valence-corrected chi connectivity index (χ3v) is 3.90. The van der Waals surface area contributed by atoms with Crippen molar-refractivity contribution in [3.8, 4) is 0 Å². The van der Waals surface area contributed by atoms with Gasteiger partial charge in [-0.3, -0.25) is 4.79 Å². The van der Waals surface area contributed by atoms with Crippen LogP contribution in [0, 0.1) is 0 Å². The maximum Gasteiger partial charge on any atom is 0.410 e. The summed E-state index contributed by atoms with van der Waals surface area (Å²) in [6.07, 6.45) is -3.38. The van der Waals surface area contributed by atoms with Crippen LogP contribution < -0.4 is 10.6 Å². The molecule has 2 N–H and O–H groups in total. The molecule has 1 amide bonds. The lowest BCUT2D eigenvalue weighted by Crippen LogP contribution is -2.35. The Morgan fingerprint density at radius 3 is 3.00 bits per heavy atom. The Balaban J connectivity index is 1.87. The van der Waals surface area contributed by atoms with Crippen molar-refractivity contribution in [3.63, 3.8) is 0 Å². The second-order valence-electron chi connectivity index (χ2n) is 5.61. The van der Waals surface area contributed by atoms with Gasteiger partial charge in [0, 0.05) is 26.1 Å². The Hall–Kier alpha value is -2.49. The van der Waals surface area contributed by atoms with Crippen molar-refractivity contribution in [3.05, 3.63) is 35.9 Å². The molecule has 2 aromatic heterocycles. The van der Waals surface area contributed by atoms with Gasteiger partial charge in [-0.2, -0.15) is 18.3 Å². The monoisotopic (exact) mass is 358 g/mol. The van der Waals surface area contributed by atoms with Crippen LogP contribution in [0.15, 0.2) is 28.9 Å². The summed E-state index contributed by atoms with van der Waals surface area (Å²) < 4.78 is 51.2. The van der Waals surface area contributed by atoms with Crippen molar-refractivity contribution in [2.24, 2.45) is 0 Å². The van der Waals surface area contributed by atoms with Gasteiger partial charge in [-0.1, -0.05) is 0 Å². The smallest absolute Gasteiger partial charge is 0.410 e. The number of furan rings is 1. The normalized spacial score (nSPS) is 20.0. The Labute approximate surface area is 141 Å². The van der Waals surface area contributed by atoms with Crippen LogP contribution in [0.25, 0.3) is 0 Å². The largest absolute Gasteiger partial charge is 0.467 e. The van der Waals surface area contributed by atoms with E-state index in [9.17, 15) is 18.0 Å². The number of halogens is 3. The second kappa shape index (κ2) is 6.79. The fourth-order valence-electron chi connectivity index (χ4n) is 2.72. The van der Waals surface area contributed by atoms with Gasteiger partial charge in [0.15, 0.2) is 11.7 Å². The van der Waals surface area contributed by atoms with Crippen molar-refractivity contribution in [1.29, 1.82) is 0 Å². The molecule has 0 spiro atoms. The predicted octanol–water partition coefficient (Wildman–Crippen LogP) is 2.51. The number of nitrogens with zero attached hydrogens (tertiary/aromatic N) is 2. The zero-order valence-electron chi connectivity index (χ0n) is 13.3. The molecular weight excluding hydrogens is 341 g/mol. The van der Waals surface area contributed by atoms with Gasteiger partial charge in [0.1, 0.15) is 11.6 Å². The first kappa shape index (κ1) is 17.3. The van der Waals surface area contributed by atoms with E-state index in [4.69, 9.17) is 9.15 Å². The fourth-order valence-corrected chi connectivity index (χ4v) is 2.72. The molecular formula is C15H17F3N4O3. The van der Waals surface area contributed by atoms with Gasteiger partial charge >= 0.3 is 6.18 Å². The molecule has 0 unspecified atom stereocenters. The third-order valence-electron chi connectivity index (χ3n) is 3.90. The topological polar surface area (TPSA) is 81.3 Å². The van der Waals surface area contributed by atoms with Crippen molar-refractivity contribution in [1.82, 2.24) is 15.1 Å². The third kappa shape index (κ3) is 3.63. The highest BCUT2D eigenvalue weighted by Gasteiger charge is 2.47. The number of rotatable bonds is 5. The second-order valence-corrected chi connectivity index (χ2v) is 5.61. The quantitative estimate of drug-likeness (QED) is 0.803. The summed E-state index contributed by atoms with van der Waals surface area (Å²) in [5, 5.41) is 9.32. The average Bonchev–Trinajstić information content (AvgIpc) is 3.22. The number of carbonyl (C=O) groups is 1. The number of amides is 1. The molecule has 2 atom stereocenters. The lowest BCUT2D eigenvalue weighted by molar-refractivity contribution is -0.174. The van der Waals surface area contributed by atoms with E-state index in [2.05, 4.69) is 15.7 Å². The minimum Gasteiger partial charge on any atom is -0.467 e. The molecule has 10 heteroatoms. The van der Waals surface area contributed by atoms with Crippen LogP contribution in [0.3, 0.4) is 0 Å². The first-order valence-electron chi connectivity index (χ1n) is 7.63. The minimum absolute atomic E-state index is 0.0899. The van der Waals surface area contributed by atoms with Gasteiger partial charge in [-0.15, -0.1) is 0 Å². The SMILES string of the molecule is COCCNC(=O)c1cc2n(n1)[C@@H](C(F)(F)F)C[C@H](c1ccco1)N2. The molecule has 3 rings (SSSR count). The molecule has 0 fully saturated rings. The standard InChI is InChI=1S/C15H17F3N4O3/c1-24-6-4-19-14(23)10-8-13-20-9(11-3-2-5-25-11)7-12(15(16,17)18)22(13)21-10/h2-3,5,8-9,12,20H,4,6-7H2,1H3,(H,19,23)/t9-,12-/m1/s1. The average molecular weight is 358 g/mol. The first-order chi connectivity index (χ1) is 11.9. The number of carbonyl (C=O) groups excluding carboxylic acids is 1. The number of hydrogen-bond donors (Lipinski definition) is 2. The highest BCUT2D eigenvalue weighted by molar-refractivity contribution is 5.93. The highest BCUT2D eigenvalue weighted by Crippen LogP contribution is 2.43. The van der Waals surface area contributed by atoms with Gasteiger partial charge < -0.3 is 19.8 Å². The van der Waals surface area contributed by atoms with E-state index in [1.165, 1.54) is 19.4 Å². The molecule has 7 nitrogen and oxygen atoms in total. The summed E-state index contributed by atoms with van der Waals surface area (Å²) in [5.74, 6) is -0.0455. The van der Waals surface area contributed by atoms with Gasteiger partial charge in [-0.05, 0) is 12.1 Å². The van der Waals surface area contributed by atoms with E-state index < -0.39 is 24.2 Å². The Morgan fingerprint density at radius 1 is 1.56 bits per heavy atom. The summed E-state index contributed by atoms with van der Waals surface area (Å²) in [5.41, 5.74) is -0.0899. The number of ether oxygens (including phenoxy) is 1. The van der Waals surface area contributed by atoms with E-state index in [0.717, 1.165) is 4.68 Å². The fraction of sp³-hybridized carbons (Fsp3) is 0.467. The number of alkyl halides is 3. The van der Waals surface area contributed by atoms with E-state index in [-0.39, 0.29) is 24.5 Å². The number of hydrogen-bond acceptors (Lipinski definition) is 5. The zero-order chi connectivity index (χ0) is 18.0. The van der Waals surface area contributed by atoms with Crippen LogP contribution in [0.1, 0.15) is 34.8 Å². The molecule has 3 heterocycles. The van der Waals surface area contributed by atoms with Crippen LogP contribution in [0.5, 0.6) is 0 Å². The summed E-state index contributed by atoms with van der Waals surface area (Å²) in [6.45, 7) is 0.534. The van der Waals surface area contributed by atoms with Gasteiger partial charge in [-0.25, -0.2) is 4.68 Å². The summed E-state index contributed by atoms with van der Waals surface area (Å²) in [7, 11) is 1.48. The van der Waals surface area contributed by atoms with Crippen LogP contribution >= 0.6 is 0 Å². The van der Waals surface area contributed by atoms with E-state index in [0.29, 0.717) is 12.4 Å². The molecule has 2 aromatic rings. The van der Waals surface area contributed by atoms with Crippen molar-refractivity contribution >= 4 is 11.7 Å². The van der Waals surface area contributed by atoms with Crippen molar-refractivity contribution in [2.75, 3.05) is 25.6 Å². The molecule has 0 saturated heterocycles. The number of aromatic nitrogens is 2. The van der Waals surface area contributed by atoms with Crippen molar-refractivity contribution < 1.29 is 27.1 Å². The number of nitrogens with one attached hydrogen (secondary N) is 2. The lowest BCUT2D eigenvalue weighted by Gasteiger charge is -2.32. The molecule has 25 heavy (non-hydrogen) atoms. The van der Waals surface area contributed by atoms with Crippen molar-refractivity contribution in [2.45, 2.75) is 24.7 Å². The maximum absolute atomic E-state index is 13.5. The molecule has 0 radical (unpaired) electrons. The Morgan fingerprint density at radius 2 is 2.36 bits per heavy atom. The predicted molar refractivity (Wildman–Crippen MR) is 81.2 cm³/mol. The van der Waals surface area contributed by atoms with Crippen LogP contribution in [0.2, 0.25) is 0 Å². The van der Waals surface area contributed by atoms with Gasteiger partial charge in [0.2, 0.25) is 0 Å². The molecule has 0 bridgehead atoms. The first-order valence-corrected chi connectivity index (χ1v) is 7.63. The van der Waals surface area contributed by atoms with Gasteiger partial charge in [0.25, 0.3) is 5.91 Å². The van der Waals surface area contributed by atoms with Gasteiger partial charge in [0.05, 0.1) is 18.9 Å². The van der Waals surface area contributed by atoms with E-state index in [1.54, 1.807) is 12.1 Å². The molecule has 136 valence electrons. The van der Waals surface area contributed by atoms with E-state index >= 15 is 0 Å².